The summed E-state index contributed by atoms with van der Waals surface area (Å²) in [5.74, 6) is -0.447. The number of halogens is 1. The first-order chi connectivity index (χ1) is 12.1. The Morgan fingerprint density at radius 3 is 1.96 bits per heavy atom. The predicted molar refractivity (Wildman–Crippen MR) is 107 cm³/mol. The van der Waals surface area contributed by atoms with Crippen LogP contribution in [0.5, 0.6) is 0 Å². The smallest absolute Gasteiger partial charge is 0.407 e. The van der Waals surface area contributed by atoms with E-state index in [0.717, 1.165) is 25.7 Å². The number of carboxylic acid groups (broad SMARTS) is 1. The molecule has 2 fully saturated rings. The van der Waals surface area contributed by atoms with Crippen molar-refractivity contribution in [2.24, 2.45) is 17.6 Å². The summed E-state index contributed by atoms with van der Waals surface area (Å²) in [6.45, 7) is 5.79. The summed E-state index contributed by atoms with van der Waals surface area (Å²) in [6.07, 6.45) is 6.68. The highest BCUT2D eigenvalue weighted by Gasteiger charge is 2.27. The van der Waals surface area contributed by atoms with Crippen LogP contribution in [0.15, 0.2) is 0 Å². The van der Waals surface area contributed by atoms with E-state index in [1.54, 1.807) is 0 Å². The fourth-order valence-corrected chi connectivity index (χ4v) is 3.33. The minimum absolute atomic E-state index is 0. The van der Waals surface area contributed by atoms with Crippen molar-refractivity contribution in [1.29, 1.82) is 0 Å². The third-order valence-corrected chi connectivity index (χ3v) is 4.95. The molecule has 2 aliphatic rings. The summed E-state index contributed by atoms with van der Waals surface area (Å²) in [5, 5.41) is 20.4. The quantitative estimate of drug-likeness (QED) is 0.569. The Morgan fingerprint density at radius 1 is 1.04 bits per heavy atom. The van der Waals surface area contributed by atoms with Gasteiger partial charge in [0.05, 0.1) is 5.92 Å². The molecule has 0 unspecified atom stereocenters. The zero-order valence-corrected chi connectivity index (χ0v) is 17.6. The van der Waals surface area contributed by atoms with Crippen molar-refractivity contribution in [1.82, 2.24) is 5.32 Å². The van der Waals surface area contributed by atoms with E-state index in [0.29, 0.717) is 44.2 Å². The Balaban J connectivity index is 0.000000572. The van der Waals surface area contributed by atoms with Crippen LogP contribution in [0.4, 0.5) is 4.79 Å². The molecular weight excluding hydrogens is 372 g/mol. The summed E-state index contributed by atoms with van der Waals surface area (Å²) in [6, 6.07) is 0.452. The van der Waals surface area contributed by atoms with Gasteiger partial charge in [-0.05, 0) is 78.1 Å². The van der Waals surface area contributed by atoms with Gasteiger partial charge in [0.2, 0.25) is 0 Å². The third-order valence-electron chi connectivity index (χ3n) is 4.95. The van der Waals surface area contributed by atoms with Crippen LogP contribution >= 0.6 is 12.4 Å². The van der Waals surface area contributed by atoms with Crippen LogP contribution < -0.4 is 11.1 Å². The molecule has 2 aliphatic carbocycles. The summed E-state index contributed by atoms with van der Waals surface area (Å²) in [4.78, 5) is 22.3. The second kappa shape index (κ2) is 12.4. The highest BCUT2D eigenvalue weighted by molar-refractivity contribution is 5.85. The monoisotopic (exact) mass is 408 g/mol. The van der Waals surface area contributed by atoms with Crippen LogP contribution in [0.25, 0.3) is 0 Å². The van der Waals surface area contributed by atoms with Crippen LogP contribution in [0.1, 0.15) is 72.1 Å². The largest absolute Gasteiger partial charge is 0.481 e. The number of carbonyl (C=O) groups excluding carboxylic acids is 1. The average Bonchev–Trinajstić information content (AvgIpc) is 2.55. The topological polar surface area (TPSA) is 122 Å². The molecule has 5 N–H and O–H groups in total. The lowest BCUT2D eigenvalue weighted by molar-refractivity contribution is -0.142. The molecule has 2 rings (SSSR count). The molecule has 0 spiro atoms. The van der Waals surface area contributed by atoms with E-state index in [1.807, 2.05) is 20.8 Å². The molecule has 8 heteroatoms. The highest BCUT2D eigenvalue weighted by atomic mass is 35.5. The van der Waals surface area contributed by atoms with E-state index in [9.17, 15) is 9.59 Å². The van der Waals surface area contributed by atoms with Crippen molar-refractivity contribution < 1.29 is 24.5 Å². The van der Waals surface area contributed by atoms with E-state index in [2.05, 4.69) is 5.32 Å². The second-order valence-electron chi connectivity index (χ2n) is 8.50. The molecule has 0 aromatic heterocycles. The second-order valence-corrected chi connectivity index (χ2v) is 8.50. The van der Waals surface area contributed by atoms with Crippen molar-refractivity contribution in [3.8, 4) is 0 Å². The van der Waals surface area contributed by atoms with Gasteiger partial charge in [0.1, 0.15) is 5.60 Å². The minimum atomic E-state index is -0.735. The number of aliphatic hydroxyl groups excluding tert-OH is 1. The number of amides is 1. The number of hydrogen-bond donors (Lipinski definition) is 4. The number of alkyl carbamates (subject to hydrolysis) is 1. The van der Waals surface area contributed by atoms with Crippen molar-refractivity contribution in [3.63, 3.8) is 0 Å². The van der Waals surface area contributed by atoms with Gasteiger partial charge in [0, 0.05) is 18.7 Å². The van der Waals surface area contributed by atoms with Crippen LogP contribution in [0.2, 0.25) is 0 Å². The predicted octanol–water partition coefficient (Wildman–Crippen LogP) is 3.07. The van der Waals surface area contributed by atoms with E-state index < -0.39 is 17.7 Å². The Hall–Kier alpha value is -1.05. The average molecular weight is 409 g/mol. The summed E-state index contributed by atoms with van der Waals surface area (Å²) >= 11 is 0. The number of hydrogen-bond acceptors (Lipinski definition) is 5. The fraction of sp³-hybridized carbons (Fsp3) is 0.895. The van der Waals surface area contributed by atoms with Crippen molar-refractivity contribution in [2.75, 3.05) is 6.61 Å². The molecule has 0 atom stereocenters. The van der Waals surface area contributed by atoms with Gasteiger partial charge in [-0.2, -0.15) is 0 Å². The maximum atomic E-state index is 11.5. The lowest BCUT2D eigenvalue weighted by Gasteiger charge is -2.28. The highest BCUT2D eigenvalue weighted by Crippen LogP contribution is 2.24. The maximum absolute atomic E-state index is 11.5. The van der Waals surface area contributed by atoms with Gasteiger partial charge in [-0.15, -0.1) is 12.4 Å². The Bertz CT molecular complexity index is 440. The molecule has 27 heavy (non-hydrogen) atoms. The molecule has 0 aliphatic heterocycles. The van der Waals surface area contributed by atoms with Gasteiger partial charge in [0.25, 0.3) is 0 Å². The van der Waals surface area contributed by atoms with Crippen molar-refractivity contribution in [3.05, 3.63) is 0 Å². The third kappa shape index (κ3) is 11.4. The van der Waals surface area contributed by atoms with Gasteiger partial charge in [-0.25, -0.2) is 4.79 Å². The molecule has 2 saturated carbocycles. The van der Waals surface area contributed by atoms with E-state index in [1.165, 1.54) is 0 Å². The van der Waals surface area contributed by atoms with Gasteiger partial charge in [-0.3, -0.25) is 4.79 Å². The normalized spacial score (nSPS) is 28.0. The molecule has 0 heterocycles. The summed E-state index contributed by atoms with van der Waals surface area (Å²) in [7, 11) is 0. The molecule has 160 valence electrons. The molecule has 1 amide bonds. The van der Waals surface area contributed by atoms with Crippen LogP contribution in [-0.2, 0) is 9.53 Å². The number of carboxylic acids is 1. The van der Waals surface area contributed by atoms with E-state index in [-0.39, 0.29) is 24.4 Å². The number of carbonyl (C=O) groups is 2. The van der Waals surface area contributed by atoms with Gasteiger partial charge in [0.15, 0.2) is 0 Å². The SMILES string of the molecule is CC(C)(C)OC(=O)N[C@H]1CC[C@H](C(=O)O)CC1.Cl.N[C@H]1CC[C@H](CO)CC1. The van der Waals surface area contributed by atoms with Crippen molar-refractivity contribution in [2.45, 2.75) is 89.8 Å². The number of nitrogens with two attached hydrogens (primary N) is 1. The molecule has 0 saturated heterocycles. The van der Waals surface area contributed by atoms with Crippen LogP contribution in [0.3, 0.4) is 0 Å². The number of aliphatic hydroxyl groups is 1. The Kier molecular flexibility index (Phi) is 11.9. The number of ether oxygens (including phenoxy) is 1. The van der Waals surface area contributed by atoms with E-state index in [4.69, 9.17) is 20.7 Å². The Labute approximate surface area is 168 Å². The lowest BCUT2D eigenvalue weighted by atomic mass is 9.86. The van der Waals surface area contributed by atoms with Crippen molar-refractivity contribution >= 4 is 24.5 Å². The van der Waals surface area contributed by atoms with Gasteiger partial charge < -0.3 is 26.0 Å². The fourth-order valence-electron chi connectivity index (χ4n) is 3.33. The molecule has 0 aromatic rings. The van der Waals surface area contributed by atoms with E-state index >= 15 is 0 Å². The summed E-state index contributed by atoms with van der Waals surface area (Å²) < 4.78 is 5.15. The first-order valence-corrected chi connectivity index (χ1v) is 9.69. The molecule has 0 bridgehead atoms. The first-order valence-electron chi connectivity index (χ1n) is 9.69. The van der Waals surface area contributed by atoms with Gasteiger partial charge >= 0.3 is 12.1 Å². The molecular formula is C19H37ClN2O5. The van der Waals surface area contributed by atoms with Crippen LogP contribution in [0, 0.1) is 11.8 Å². The zero-order chi connectivity index (χ0) is 19.7. The summed E-state index contributed by atoms with van der Waals surface area (Å²) in [5.41, 5.74) is 5.17. The first kappa shape index (κ1) is 26.0. The number of nitrogens with one attached hydrogen (secondary N) is 1. The standard InChI is InChI=1S/C12H21NO4.C7H15NO.ClH/c1-12(2,3)17-11(16)13-9-6-4-8(5-7-9)10(14)15;8-7-3-1-6(5-9)2-4-7;/h8-9H,4-7H2,1-3H3,(H,13,16)(H,14,15);6-7,9H,1-5,8H2;1H/t8-,9-;6-,7-;. The molecule has 0 radical (unpaired) electrons. The number of aliphatic carboxylic acids is 1. The van der Waals surface area contributed by atoms with Crippen LogP contribution in [-0.4, -0.2) is 46.6 Å². The molecule has 0 aromatic carbocycles. The lowest BCUT2D eigenvalue weighted by Crippen LogP contribution is -2.41. The Morgan fingerprint density at radius 2 is 1.56 bits per heavy atom. The zero-order valence-electron chi connectivity index (χ0n) is 16.8. The minimum Gasteiger partial charge on any atom is -0.481 e. The number of rotatable bonds is 3. The van der Waals surface area contributed by atoms with Gasteiger partial charge in [-0.1, -0.05) is 0 Å². The maximum Gasteiger partial charge on any atom is 0.407 e. The molecule has 7 nitrogen and oxygen atoms in total.